The van der Waals surface area contributed by atoms with E-state index in [0.717, 1.165) is 24.8 Å². The van der Waals surface area contributed by atoms with E-state index in [4.69, 9.17) is 0 Å². The monoisotopic (exact) mass is 264 g/mol. The smallest absolute Gasteiger partial charge is 0.314 e. The molecule has 0 atom stereocenters. The van der Waals surface area contributed by atoms with E-state index in [1.807, 2.05) is 6.07 Å². The average molecular weight is 264 g/mol. The summed E-state index contributed by atoms with van der Waals surface area (Å²) in [5.41, 5.74) is -0.955. The molecule has 104 valence electrons. The summed E-state index contributed by atoms with van der Waals surface area (Å²) in [6, 6.07) is 7.06. The van der Waals surface area contributed by atoms with Gasteiger partial charge in [0.2, 0.25) is 0 Å². The minimum atomic E-state index is -1.44. The zero-order valence-corrected chi connectivity index (χ0v) is 11.6. The fraction of sp³-hybridized carbons (Fsp3) is 0.562. The van der Waals surface area contributed by atoms with Crippen molar-refractivity contribution in [1.82, 2.24) is 0 Å². The zero-order valence-electron chi connectivity index (χ0n) is 11.6. The molecule has 1 aromatic rings. The van der Waals surface area contributed by atoms with Crippen molar-refractivity contribution in [1.29, 1.82) is 0 Å². The molecule has 0 amide bonds. The summed E-state index contributed by atoms with van der Waals surface area (Å²) in [6.45, 7) is 3.00. The van der Waals surface area contributed by atoms with E-state index in [1.165, 1.54) is 13.8 Å². The van der Waals surface area contributed by atoms with Crippen LogP contribution in [0.3, 0.4) is 0 Å². The van der Waals surface area contributed by atoms with Crippen molar-refractivity contribution in [3.8, 4) is 0 Å². The lowest BCUT2D eigenvalue weighted by Crippen LogP contribution is -2.38. The molecule has 0 aromatic heterocycles. The molecular weight excluding hydrogens is 243 g/mol. The maximum atomic E-state index is 14.0. The number of hydrogen-bond donors (Lipinski definition) is 1. The van der Waals surface area contributed by atoms with E-state index in [9.17, 15) is 14.3 Å². The van der Waals surface area contributed by atoms with Crippen LogP contribution >= 0.6 is 0 Å². The molecular formula is C16H21FO2. The Hall–Kier alpha value is -1.38. The predicted molar refractivity (Wildman–Crippen MR) is 73.0 cm³/mol. The molecule has 0 heterocycles. The molecule has 1 fully saturated rings. The Morgan fingerprint density at radius 1 is 1.26 bits per heavy atom. The molecule has 0 unspecified atom stereocenters. The molecule has 1 aliphatic carbocycles. The number of carboxylic acids is 1. The summed E-state index contributed by atoms with van der Waals surface area (Å²) in [7, 11) is 0. The lowest BCUT2D eigenvalue weighted by molar-refractivity contribution is -0.145. The van der Waals surface area contributed by atoms with Crippen molar-refractivity contribution in [2.24, 2.45) is 0 Å². The third-order valence-corrected chi connectivity index (χ3v) is 4.22. The Morgan fingerprint density at radius 2 is 1.89 bits per heavy atom. The number of benzene rings is 1. The molecule has 0 saturated heterocycles. The Morgan fingerprint density at radius 3 is 2.42 bits per heavy atom. The highest BCUT2D eigenvalue weighted by Crippen LogP contribution is 2.41. The van der Waals surface area contributed by atoms with Gasteiger partial charge in [-0.15, -0.1) is 0 Å². The second-order valence-corrected chi connectivity index (χ2v) is 6.00. The Labute approximate surface area is 113 Å². The number of carbonyl (C=O) groups is 1. The first-order valence-corrected chi connectivity index (χ1v) is 6.90. The van der Waals surface area contributed by atoms with Crippen LogP contribution in [0.5, 0.6) is 0 Å². The molecule has 1 aromatic carbocycles. The molecule has 2 rings (SSSR count). The number of halogens is 1. The van der Waals surface area contributed by atoms with Crippen molar-refractivity contribution in [2.45, 2.75) is 57.0 Å². The van der Waals surface area contributed by atoms with Crippen molar-refractivity contribution in [3.63, 3.8) is 0 Å². The summed E-state index contributed by atoms with van der Waals surface area (Å²) in [5, 5.41) is 9.64. The Kier molecular flexibility index (Phi) is 3.66. The summed E-state index contributed by atoms with van der Waals surface area (Å²) in [6.07, 6.45) is 4.24. The summed E-state index contributed by atoms with van der Waals surface area (Å²) < 4.78 is 14.0. The van der Waals surface area contributed by atoms with Crippen molar-refractivity contribution >= 4 is 5.97 Å². The molecule has 2 nitrogen and oxygen atoms in total. The van der Waals surface area contributed by atoms with Crippen LogP contribution in [0.25, 0.3) is 0 Å². The highest BCUT2D eigenvalue weighted by atomic mass is 19.1. The summed E-state index contributed by atoms with van der Waals surface area (Å²) >= 11 is 0. The van der Waals surface area contributed by atoms with Gasteiger partial charge in [0.05, 0.1) is 5.41 Å². The largest absolute Gasteiger partial charge is 0.481 e. The first-order valence-electron chi connectivity index (χ1n) is 6.90. The van der Waals surface area contributed by atoms with Gasteiger partial charge in [-0.1, -0.05) is 43.5 Å². The minimum Gasteiger partial charge on any atom is -0.481 e. The van der Waals surface area contributed by atoms with E-state index in [-0.39, 0.29) is 0 Å². The van der Waals surface area contributed by atoms with E-state index < -0.39 is 17.1 Å². The van der Waals surface area contributed by atoms with Crippen molar-refractivity contribution in [3.05, 3.63) is 35.4 Å². The second kappa shape index (κ2) is 4.95. The topological polar surface area (TPSA) is 37.3 Å². The first-order chi connectivity index (χ1) is 8.86. The number of carboxylic acid groups (broad SMARTS) is 1. The molecule has 3 heteroatoms. The highest BCUT2D eigenvalue weighted by Gasteiger charge is 2.41. The van der Waals surface area contributed by atoms with E-state index in [2.05, 4.69) is 0 Å². The molecule has 1 saturated carbocycles. The minimum absolute atomic E-state index is 0.552. The fourth-order valence-corrected chi connectivity index (χ4v) is 2.97. The van der Waals surface area contributed by atoms with Gasteiger partial charge < -0.3 is 5.11 Å². The van der Waals surface area contributed by atoms with Gasteiger partial charge in [-0.3, -0.25) is 4.79 Å². The number of rotatable bonds is 3. The van der Waals surface area contributed by atoms with Crippen LogP contribution in [0, 0.1) is 0 Å². The molecule has 0 aliphatic heterocycles. The van der Waals surface area contributed by atoms with Gasteiger partial charge in [0, 0.05) is 0 Å². The normalized spacial score (nSPS) is 19.1. The molecule has 1 N–H and O–H groups in total. The van der Waals surface area contributed by atoms with Crippen molar-refractivity contribution < 1.29 is 14.3 Å². The SMILES string of the molecule is CC(C)(F)c1cccc(C2(C(=O)O)CCCCC2)c1. The van der Waals surface area contributed by atoms with Crippen LogP contribution in [-0.2, 0) is 15.9 Å². The lowest BCUT2D eigenvalue weighted by Gasteiger charge is -2.34. The standard InChI is InChI=1S/C16H21FO2/c1-15(2,17)12-7-6-8-13(11-12)16(14(18)19)9-4-3-5-10-16/h6-8,11H,3-5,9-10H2,1-2H3,(H,18,19). The number of aliphatic carboxylic acids is 1. The van der Waals surface area contributed by atoms with Crippen LogP contribution in [0.15, 0.2) is 24.3 Å². The van der Waals surface area contributed by atoms with Gasteiger partial charge in [-0.25, -0.2) is 4.39 Å². The quantitative estimate of drug-likeness (QED) is 0.889. The molecule has 0 bridgehead atoms. The molecule has 0 spiro atoms. The van der Waals surface area contributed by atoms with Crippen LogP contribution in [0.4, 0.5) is 4.39 Å². The zero-order chi connectivity index (χ0) is 14.1. The Bertz CT molecular complexity index is 468. The van der Waals surface area contributed by atoms with Gasteiger partial charge in [0.1, 0.15) is 5.67 Å². The van der Waals surface area contributed by atoms with Crippen LogP contribution in [0.1, 0.15) is 57.1 Å². The maximum Gasteiger partial charge on any atom is 0.314 e. The van der Waals surface area contributed by atoms with Gasteiger partial charge in [0.25, 0.3) is 0 Å². The van der Waals surface area contributed by atoms with Gasteiger partial charge >= 0.3 is 5.97 Å². The summed E-state index contributed by atoms with van der Waals surface area (Å²) in [4.78, 5) is 11.7. The van der Waals surface area contributed by atoms with E-state index in [0.29, 0.717) is 18.4 Å². The third-order valence-electron chi connectivity index (χ3n) is 4.22. The van der Waals surface area contributed by atoms with Crippen LogP contribution in [0.2, 0.25) is 0 Å². The van der Waals surface area contributed by atoms with Gasteiger partial charge in [0.15, 0.2) is 0 Å². The van der Waals surface area contributed by atoms with E-state index >= 15 is 0 Å². The first kappa shape index (κ1) is 14.0. The number of hydrogen-bond acceptors (Lipinski definition) is 1. The molecule has 1 aliphatic rings. The summed E-state index contributed by atoms with van der Waals surface area (Å²) in [5.74, 6) is -0.777. The predicted octanol–water partition coefficient (Wildman–Crippen LogP) is 4.18. The fourth-order valence-electron chi connectivity index (χ4n) is 2.97. The lowest BCUT2D eigenvalue weighted by atomic mass is 9.69. The molecule has 19 heavy (non-hydrogen) atoms. The Balaban J connectivity index is 2.46. The molecule has 0 radical (unpaired) electrons. The second-order valence-electron chi connectivity index (χ2n) is 6.00. The third kappa shape index (κ3) is 2.65. The van der Waals surface area contributed by atoms with Gasteiger partial charge in [-0.2, -0.15) is 0 Å². The maximum absolute atomic E-state index is 14.0. The highest BCUT2D eigenvalue weighted by molar-refractivity contribution is 5.81. The van der Waals surface area contributed by atoms with Crippen molar-refractivity contribution in [2.75, 3.05) is 0 Å². The average Bonchev–Trinajstić information content (AvgIpc) is 2.38. The number of alkyl halides is 1. The van der Waals surface area contributed by atoms with Crippen LogP contribution < -0.4 is 0 Å². The van der Waals surface area contributed by atoms with Gasteiger partial charge in [-0.05, 0) is 37.8 Å². The van der Waals surface area contributed by atoms with Crippen LogP contribution in [-0.4, -0.2) is 11.1 Å². The van der Waals surface area contributed by atoms with E-state index in [1.54, 1.807) is 18.2 Å².